The molecule has 1 atom stereocenters. The van der Waals surface area contributed by atoms with Crippen LogP contribution in [0.4, 0.5) is 8.78 Å². The highest BCUT2D eigenvalue weighted by molar-refractivity contribution is 6.20. The Kier molecular flexibility index (Phi) is 3.67. The third-order valence-electron chi connectivity index (χ3n) is 1.83. The van der Waals surface area contributed by atoms with Crippen molar-refractivity contribution in [3.8, 4) is 0 Å². The molecule has 3 heteroatoms. The Morgan fingerprint density at radius 3 is 2.62 bits per heavy atom. The van der Waals surface area contributed by atoms with Gasteiger partial charge < -0.3 is 0 Å². The highest BCUT2D eigenvalue weighted by Gasteiger charge is 2.04. The Hall–Kier alpha value is -0.630. The van der Waals surface area contributed by atoms with Gasteiger partial charge in [0.25, 0.3) is 0 Å². The SMILES string of the molecule is CC(Cl)CCc1ccc(F)cc1F. The molecule has 72 valence electrons. The molecule has 0 fully saturated rings. The second kappa shape index (κ2) is 4.56. The Bertz CT molecular complexity index is 284. The van der Waals surface area contributed by atoms with E-state index in [4.69, 9.17) is 11.6 Å². The highest BCUT2D eigenvalue weighted by Crippen LogP contribution is 2.13. The number of hydrogen-bond acceptors (Lipinski definition) is 0. The van der Waals surface area contributed by atoms with Crippen molar-refractivity contribution in [3.05, 3.63) is 35.4 Å². The summed E-state index contributed by atoms with van der Waals surface area (Å²) in [6.45, 7) is 1.85. The molecule has 0 spiro atoms. The monoisotopic (exact) mass is 204 g/mol. The van der Waals surface area contributed by atoms with Gasteiger partial charge in [-0.2, -0.15) is 0 Å². The van der Waals surface area contributed by atoms with Crippen LogP contribution in [-0.4, -0.2) is 5.38 Å². The van der Waals surface area contributed by atoms with Gasteiger partial charge in [0.15, 0.2) is 0 Å². The van der Waals surface area contributed by atoms with Gasteiger partial charge in [0.05, 0.1) is 0 Å². The molecule has 0 aliphatic heterocycles. The van der Waals surface area contributed by atoms with Crippen molar-refractivity contribution in [1.29, 1.82) is 0 Å². The van der Waals surface area contributed by atoms with Gasteiger partial charge in [-0.15, -0.1) is 11.6 Å². The molecule has 0 bridgehead atoms. The fourth-order valence-electron chi connectivity index (χ4n) is 1.08. The summed E-state index contributed by atoms with van der Waals surface area (Å²) in [7, 11) is 0. The first-order valence-electron chi connectivity index (χ1n) is 4.17. The van der Waals surface area contributed by atoms with E-state index in [-0.39, 0.29) is 5.38 Å². The summed E-state index contributed by atoms with van der Waals surface area (Å²) in [6.07, 6.45) is 1.25. The fraction of sp³-hybridized carbons (Fsp3) is 0.400. The first-order valence-corrected chi connectivity index (χ1v) is 4.61. The molecular formula is C10H11ClF2. The molecule has 0 aromatic heterocycles. The lowest BCUT2D eigenvalue weighted by molar-refractivity contribution is 0.569. The number of hydrogen-bond donors (Lipinski definition) is 0. The van der Waals surface area contributed by atoms with Gasteiger partial charge >= 0.3 is 0 Å². The Balaban J connectivity index is 2.67. The minimum atomic E-state index is -0.542. The maximum Gasteiger partial charge on any atom is 0.129 e. The molecule has 0 amide bonds. The molecule has 0 aliphatic carbocycles. The molecule has 0 heterocycles. The first kappa shape index (κ1) is 10.5. The molecule has 1 aromatic carbocycles. The third kappa shape index (κ3) is 3.31. The second-order valence-corrected chi connectivity index (χ2v) is 3.80. The van der Waals surface area contributed by atoms with Crippen molar-refractivity contribution < 1.29 is 8.78 Å². The van der Waals surface area contributed by atoms with Crippen LogP contribution < -0.4 is 0 Å². The first-order chi connectivity index (χ1) is 6.09. The van der Waals surface area contributed by atoms with Crippen LogP contribution in [0.2, 0.25) is 0 Å². The van der Waals surface area contributed by atoms with Crippen LogP contribution in [0.15, 0.2) is 18.2 Å². The predicted molar refractivity (Wildman–Crippen MR) is 50.0 cm³/mol. The van der Waals surface area contributed by atoms with Gasteiger partial charge in [-0.3, -0.25) is 0 Å². The largest absolute Gasteiger partial charge is 0.207 e. The van der Waals surface area contributed by atoms with Gasteiger partial charge in [-0.05, 0) is 31.4 Å². The molecule has 0 saturated heterocycles. The minimum absolute atomic E-state index is 0.0180. The summed E-state index contributed by atoms with van der Waals surface area (Å²) < 4.78 is 25.5. The van der Waals surface area contributed by atoms with E-state index in [9.17, 15) is 8.78 Å². The van der Waals surface area contributed by atoms with E-state index in [0.717, 1.165) is 6.07 Å². The second-order valence-electron chi connectivity index (χ2n) is 3.06. The van der Waals surface area contributed by atoms with Crippen LogP contribution in [-0.2, 0) is 6.42 Å². The summed E-state index contributed by atoms with van der Waals surface area (Å²) in [5.41, 5.74) is 0.522. The predicted octanol–water partition coefficient (Wildman–Crippen LogP) is 3.52. The van der Waals surface area contributed by atoms with Gasteiger partial charge in [-0.1, -0.05) is 6.07 Å². The summed E-state index contributed by atoms with van der Waals surface area (Å²) in [4.78, 5) is 0. The number of rotatable bonds is 3. The molecule has 0 nitrogen and oxygen atoms in total. The Morgan fingerprint density at radius 2 is 2.08 bits per heavy atom. The van der Waals surface area contributed by atoms with Crippen molar-refractivity contribution in [1.82, 2.24) is 0 Å². The molecule has 0 saturated carbocycles. The Morgan fingerprint density at radius 1 is 1.38 bits per heavy atom. The Labute approximate surface area is 81.5 Å². The zero-order chi connectivity index (χ0) is 9.84. The van der Waals surface area contributed by atoms with E-state index < -0.39 is 11.6 Å². The number of alkyl halides is 1. The van der Waals surface area contributed by atoms with E-state index in [1.807, 2.05) is 6.92 Å². The molecule has 0 radical (unpaired) electrons. The van der Waals surface area contributed by atoms with Gasteiger partial charge in [0.1, 0.15) is 11.6 Å². The third-order valence-corrected chi connectivity index (χ3v) is 2.04. The molecule has 13 heavy (non-hydrogen) atoms. The average molecular weight is 205 g/mol. The van der Waals surface area contributed by atoms with E-state index in [1.165, 1.54) is 12.1 Å². The van der Waals surface area contributed by atoms with Crippen LogP contribution in [0, 0.1) is 11.6 Å². The van der Waals surface area contributed by atoms with Gasteiger partial charge in [-0.25, -0.2) is 8.78 Å². The molecule has 1 unspecified atom stereocenters. The summed E-state index contributed by atoms with van der Waals surface area (Å²) >= 11 is 5.71. The number of halogens is 3. The molecule has 1 rings (SSSR count). The van der Waals surface area contributed by atoms with Crippen LogP contribution in [0.5, 0.6) is 0 Å². The molecule has 0 N–H and O–H groups in total. The maximum atomic E-state index is 13.0. The topological polar surface area (TPSA) is 0 Å². The minimum Gasteiger partial charge on any atom is -0.207 e. The number of benzene rings is 1. The van der Waals surface area contributed by atoms with E-state index in [1.54, 1.807) is 0 Å². The highest BCUT2D eigenvalue weighted by atomic mass is 35.5. The van der Waals surface area contributed by atoms with Crippen molar-refractivity contribution >= 4 is 11.6 Å². The lowest BCUT2D eigenvalue weighted by Crippen LogP contribution is -1.97. The van der Waals surface area contributed by atoms with Crippen molar-refractivity contribution in [3.63, 3.8) is 0 Å². The lowest BCUT2D eigenvalue weighted by Gasteiger charge is -2.04. The standard InChI is InChI=1S/C10H11ClF2/c1-7(11)2-3-8-4-5-9(12)6-10(8)13/h4-7H,2-3H2,1H3. The van der Waals surface area contributed by atoms with Crippen molar-refractivity contribution in [2.24, 2.45) is 0 Å². The van der Waals surface area contributed by atoms with E-state index >= 15 is 0 Å². The molecular weight excluding hydrogens is 194 g/mol. The smallest absolute Gasteiger partial charge is 0.129 e. The van der Waals surface area contributed by atoms with Crippen LogP contribution >= 0.6 is 11.6 Å². The molecule has 1 aromatic rings. The van der Waals surface area contributed by atoms with Crippen LogP contribution in [0.1, 0.15) is 18.9 Å². The fourth-order valence-corrected chi connectivity index (χ4v) is 1.19. The number of aryl methyl sites for hydroxylation is 1. The zero-order valence-corrected chi connectivity index (χ0v) is 8.11. The van der Waals surface area contributed by atoms with Gasteiger partial charge in [0.2, 0.25) is 0 Å². The molecule has 0 aliphatic rings. The lowest BCUT2D eigenvalue weighted by atomic mass is 10.1. The van der Waals surface area contributed by atoms with Crippen LogP contribution in [0.3, 0.4) is 0 Å². The van der Waals surface area contributed by atoms with E-state index in [0.29, 0.717) is 18.4 Å². The maximum absolute atomic E-state index is 13.0. The summed E-state index contributed by atoms with van der Waals surface area (Å²) in [5.74, 6) is -1.03. The van der Waals surface area contributed by atoms with Crippen molar-refractivity contribution in [2.75, 3.05) is 0 Å². The van der Waals surface area contributed by atoms with Gasteiger partial charge in [0, 0.05) is 11.4 Å². The normalized spacial score (nSPS) is 12.9. The summed E-state index contributed by atoms with van der Waals surface area (Å²) in [5, 5.41) is 0.0180. The van der Waals surface area contributed by atoms with Crippen molar-refractivity contribution in [2.45, 2.75) is 25.1 Å². The summed E-state index contributed by atoms with van der Waals surface area (Å²) in [6, 6.07) is 3.62. The van der Waals surface area contributed by atoms with Crippen LogP contribution in [0.25, 0.3) is 0 Å². The zero-order valence-electron chi connectivity index (χ0n) is 7.36. The van der Waals surface area contributed by atoms with E-state index in [2.05, 4.69) is 0 Å². The average Bonchev–Trinajstić information content (AvgIpc) is 2.02. The quantitative estimate of drug-likeness (QED) is 0.661.